The van der Waals surface area contributed by atoms with E-state index in [9.17, 15) is 4.79 Å². The van der Waals surface area contributed by atoms with E-state index in [4.69, 9.17) is 11.6 Å². The lowest BCUT2D eigenvalue weighted by Gasteiger charge is -2.09. The molecule has 0 aliphatic rings. The van der Waals surface area contributed by atoms with E-state index in [-0.39, 0.29) is 11.9 Å². The lowest BCUT2D eigenvalue weighted by Crippen LogP contribution is -2.34. The van der Waals surface area contributed by atoms with Gasteiger partial charge in [-0.05, 0) is 35.0 Å². The summed E-state index contributed by atoms with van der Waals surface area (Å²) in [6.45, 7) is 1.84. The molecule has 1 atom stereocenters. The summed E-state index contributed by atoms with van der Waals surface area (Å²) in [5.74, 6) is 0.188. The number of carbonyl (C=O) groups excluding carboxylic acids is 1. The Morgan fingerprint density at radius 2 is 2.43 bits per heavy atom. The predicted molar refractivity (Wildman–Crippen MR) is 59.6 cm³/mol. The van der Waals surface area contributed by atoms with Gasteiger partial charge in [0.25, 0.3) is 5.91 Å². The number of hydrogen-bond acceptors (Lipinski definition) is 2. The Morgan fingerprint density at radius 3 is 2.93 bits per heavy atom. The number of alkyl halides is 1. The molecule has 76 valence electrons. The van der Waals surface area contributed by atoms with Crippen molar-refractivity contribution >= 4 is 33.4 Å². The van der Waals surface area contributed by atoms with Crippen LogP contribution in [0.3, 0.4) is 0 Å². The van der Waals surface area contributed by atoms with Crippen molar-refractivity contribution in [3.63, 3.8) is 0 Å². The lowest BCUT2D eigenvalue weighted by atomic mass is 10.3. The second kappa shape index (κ2) is 5.32. The topological polar surface area (TPSA) is 42.0 Å². The second-order valence-electron chi connectivity index (χ2n) is 2.89. The van der Waals surface area contributed by atoms with Gasteiger partial charge in [0.15, 0.2) is 0 Å². The molecule has 1 rings (SSSR count). The molecule has 5 heteroatoms. The number of amides is 1. The molecule has 0 aliphatic carbocycles. The van der Waals surface area contributed by atoms with Crippen molar-refractivity contribution in [3.05, 3.63) is 28.5 Å². The molecule has 14 heavy (non-hydrogen) atoms. The number of nitrogens with zero attached hydrogens (tertiary/aromatic N) is 1. The SMILES string of the molecule is C[C@@H](CCl)NC(=O)c1ccc(Br)cn1. The maximum atomic E-state index is 11.5. The fourth-order valence-corrected chi connectivity index (χ4v) is 1.16. The van der Waals surface area contributed by atoms with Crippen LogP contribution in [0, 0.1) is 0 Å². The molecule has 1 amide bonds. The molecule has 0 spiro atoms. The first-order valence-electron chi connectivity index (χ1n) is 4.12. The van der Waals surface area contributed by atoms with Crippen molar-refractivity contribution < 1.29 is 4.79 Å². The normalized spacial score (nSPS) is 12.2. The molecule has 0 unspecified atom stereocenters. The Hall–Kier alpha value is -0.610. The number of hydrogen-bond donors (Lipinski definition) is 1. The molecular formula is C9H10BrClN2O. The van der Waals surface area contributed by atoms with Crippen molar-refractivity contribution in [1.82, 2.24) is 10.3 Å². The van der Waals surface area contributed by atoms with E-state index in [1.807, 2.05) is 6.92 Å². The van der Waals surface area contributed by atoms with Gasteiger partial charge in [-0.1, -0.05) is 0 Å². The molecule has 3 nitrogen and oxygen atoms in total. The zero-order chi connectivity index (χ0) is 10.6. The van der Waals surface area contributed by atoms with E-state index in [0.717, 1.165) is 4.47 Å². The Kier molecular flexibility index (Phi) is 4.35. The lowest BCUT2D eigenvalue weighted by molar-refractivity contribution is 0.0938. The molecule has 1 heterocycles. The third-order valence-corrected chi connectivity index (χ3v) is 2.50. The van der Waals surface area contributed by atoms with Crippen LogP contribution in [0.1, 0.15) is 17.4 Å². The number of carbonyl (C=O) groups is 1. The smallest absolute Gasteiger partial charge is 0.270 e. The summed E-state index contributed by atoms with van der Waals surface area (Å²) in [7, 11) is 0. The van der Waals surface area contributed by atoms with E-state index in [2.05, 4.69) is 26.2 Å². The van der Waals surface area contributed by atoms with E-state index in [1.165, 1.54) is 0 Å². The van der Waals surface area contributed by atoms with E-state index in [0.29, 0.717) is 11.6 Å². The van der Waals surface area contributed by atoms with Gasteiger partial charge in [-0.15, -0.1) is 11.6 Å². The number of halogens is 2. The number of nitrogens with one attached hydrogen (secondary N) is 1. The maximum Gasteiger partial charge on any atom is 0.270 e. The van der Waals surface area contributed by atoms with Crippen molar-refractivity contribution in [1.29, 1.82) is 0 Å². The third-order valence-electron chi connectivity index (χ3n) is 1.57. The molecule has 0 saturated carbocycles. The molecule has 0 bridgehead atoms. The van der Waals surface area contributed by atoms with Gasteiger partial charge < -0.3 is 5.32 Å². The van der Waals surface area contributed by atoms with Crippen LogP contribution in [-0.4, -0.2) is 22.8 Å². The highest BCUT2D eigenvalue weighted by molar-refractivity contribution is 9.10. The van der Waals surface area contributed by atoms with Crippen LogP contribution in [0.4, 0.5) is 0 Å². The summed E-state index contributed by atoms with van der Waals surface area (Å²) >= 11 is 8.81. The van der Waals surface area contributed by atoms with Gasteiger partial charge in [0.1, 0.15) is 5.69 Å². The predicted octanol–water partition coefficient (Wildman–Crippen LogP) is 2.20. The van der Waals surface area contributed by atoms with E-state index < -0.39 is 0 Å². The van der Waals surface area contributed by atoms with Crippen LogP contribution in [-0.2, 0) is 0 Å². The Balaban J connectivity index is 2.65. The zero-order valence-corrected chi connectivity index (χ0v) is 9.97. The number of rotatable bonds is 3. The summed E-state index contributed by atoms with van der Waals surface area (Å²) in [5, 5.41) is 2.72. The molecule has 0 saturated heterocycles. The summed E-state index contributed by atoms with van der Waals surface area (Å²) in [5.41, 5.74) is 0.394. The van der Waals surface area contributed by atoms with Gasteiger partial charge in [-0.2, -0.15) is 0 Å². The first-order chi connectivity index (χ1) is 6.63. The van der Waals surface area contributed by atoms with Crippen molar-refractivity contribution in [2.24, 2.45) is 0 Å². The maximum absolute atomic E-state index is 11.5. The van der Waals surface area contributed by atoms with Gasteiger partial charge in [0, 0.05) is 22.6 Å². The summed E-state index contributed by atoms with van der Waals surface area (Å²) in [6.07, 6.45) is 1.58. The number of pyridine rings is 1. The highest BCUT2D eigenvalue weighted by Crippen LogP contribution is 2.07. The number of aromatic nitrogens is 1. The van der Waals surface area contributed by atoms with Gasteiger partial charge in [0.05, 0.1) is 0 Å². The van der Waals surface area contributed by atoms with Crippen LogP contribution in [0.25, 0.3) is 0 Å². The monoisotopic (exact) mass is 276 g/mol. The molecule has 1 aromatic heterocycles. The van der Waals surface area contributed by atoms with Gasteiger partial charge in [-0.3, -0.25) is 4.79 Å². The quantitative estimate of drug-likeness (QED) is 0.861. The van der Waals surface area contributed by atoms with Gasteiger partial charge in [-0.25, -0.2) is 4.98 Å². The van der Waals surface area contributed by atoms with Crippen LogP contribution >= 0.6 is 27.5 Å². The minimum atomic E-state index is -0.203. The van der Waals surface area contributed by atoms with Crippen molar-refractivity contribution in [2.45, 2.75) is 13.0 Å². The molecular weight excluding hydrogens is 267 g/mol. The average Bonchev–Trinajstić information content (AvgIpc) is 2.18. The molecule has 1 aromatic rings. The van der Waals surface area contributed by atoms with Crippen LogP contribution in [0.15, 0.2) is 22.8 Å². The molecule has 0 fully saturated rings. The first-order valence-corrected chi connectivity index (χ1v) is 5.44. The summed E-state index contributed by atoms with van der Waals surface area (Å²) < 4.78 is 0.847. The van der Waals surface area contributed by atoms with E-state index in [1.54, 1.807) is 18.3 Å². The van der Waals surface area contributed by atoms with Crippen LogP contribution in [0.5, 0.6) is 0 Å². The summed E-state index contributed by atoms with van der Waals surface area (Å²) in [4.78, 5) is 15.4. The van der Waals surface area contributed by atoms with Crippen molar-refractivity contribution in [2.75, 3.05) is 5.88 Å². The molecule has 0 radical (unpaired) electrons. The van der Waals surface area contributed by atoms with Crippen LogP contribution < -0.4 is 5.32 Å². The van der Waals surface area contributed by atoms with E-state index >= 15 is 0 Å². The largest absolute Gasteiger partial charge is 0.347 e. The second-order valence-corrected chi connectivity index (χ2v) is 4.11. The average molecular weight is 278 g/mol. The standard InChI is InChI=1S/C9H10BrClN2O/c1-6(4-11)13-9(14)8-3-2-7(10)5-12-8/h2-3,5-6H,4H2,1H3,(H,13,14)/t6-/m0/s1. The van der Waals surface area contributed by atoms with Crippen LogP contribution in [0.2, 0.25) is 0 Å². The van der Waals surface area contributed by atoms with Gasteiger partial charge in [0.2, 0.25) is 0 Å². The fraction of sp³-hybridized carbons (Fsp3) is 0.333. The Morgan fingerprint density at radius 1 is 1.71 bits per heavy atom. The molecule has 1 N–H and O–H groups in total. The third kappa shape index (κ3) is 3.27. The Bertz CT molecular complexity index is 315. The highest BCUT2D eigenvalue weighted by Gasteiger charge is 2.09. The minimum absolute atomic E-state index is 0.0467. The van der Waals surface area contributed by atoms with Crippen molar-refractivity contribution in [3.8, 4) is 0 Å². The molecule has 0 aromatic carbocycles. The zero-order valence-electron chi connectivity index (χ0n) is 7.63. The fourth-order valence-electron chi connectivity index (χ4n) is 0.846. The highest BCUT2D eigenvalue weighted by atomic mass is 79.9. The minimum Gasteiger partial charge on any atom is -0.347 e. The summed E-state index contributed by atoms with van der Waals surface area (Å²) in [6, 6.07) is 3.38. The van der Waals surface area contributed by atoms with Gasteiger partial charge >= 0.3 is 0 Å². The Labute approximate surface area is 96.0 Å². The first kappa shape index (κ1) is 11.5. The molecule has 0 aliphatic heterocycles.